The van der Waals surface area contributed by atoms with Gasteiger partial charge in [-0.2, -0.15) is 0 Å². The molecule has 6 heteroatoms. The zero-order valence-electron chi connectivity index (χ0n) is 16.4. The first-order chi connectivity index (χ1) is 13.5. The zero-order valence-corrected chi connectivity index (χ0v) is 16.4. The quantitative estimate of drug-likeness (QED) is 0.790. The number of amides is 1. The van der Waals surface area contributed by atoms with Crippen LogP contribution in [0.5, 0.6) is 0 Å². The number of carbonyl (C=O) groups excluding carboxylic acids is 1. The standard InChI is InChI=1S/C22H27F2N3O/c1-26(2)19(20-17(23)11-8-12-18(20)24)15-25-22(28)21(27-13-6-7-14-27)16-9-4-3-5-10-16/h3-5,8-12,19,21H,6-7,13-15H2,1-2H3,(H,25,28). The van der Waals surface area contributed by atoms with E-state index in [0.717, 1.165) is 31.5 Å². The smallest absolute Gasteiger partial charge is 0.242 e. The lowest BCUT2D eigenvalue weighted by Crippen LogP contribution is -2.42. The molecule has 1 heterocycles. The molecule has 2 unspecified atom stereocenters. The summed E-state index contributed by atoms with van der Waals surface area (Å²) in [4.78, 5) is 17.0. The topological polar surface area (TPSA) is 35.6 Å². The maximum atomic E-state index is 14.3. The van der Waals surface area contributed by atoms with E-state index in [4.69, 9.17) is 0 Å². The van der Waals surface area contributed by atoms with E-state index >= 15 is 0 Å². The first-order valence-electron chi connectivity index (χ1n) is 9.66. The van der Waals surface area contributed by atoms with Crippen LogP contribution in [-0.2, 0) is 4.79 Å². The van der Waals surface area contributed by atoms with Gasteiger partial charge in [-0.3, -0.25) is 9.69 Å². The van der Waals surface area contributed by atoms with Gasteiger partial charge in [-0.1, -0.05) is 36.4 Å². The van der Waals surface area contributed by atoms with E-state index in [0.29, 0.717) is 0 Å². The first-order valence-corrected chi connectivity index (χ1v) is 9.66. The molecule has 0 aromatic heterocycles. The lowest BCUT2D eigenvalue weighted by molar-refractivity contribution is -0.126. The largest absolute Gasteiger partial charge is 0.353 e. The van der Waals surface area contributed by atoms with Crippen LogP contribution in [0.15, 0.2) is 48.5 Å². The summed E-state index contributed by atoms with van der Waals surface area (Å²) in [6, 6.07) is 12.5. The van der Waals surface area contributed by atoms with Crippen LogP contribution in [0, 0.1) is 11.6 Å². The number of likely N-dealkylation sites (N-methyl/N-ethyl adjacent to an activating group) is 1. The zero-order chi connectivity index (χ0) is 20.1. The van der Waals surface area contributed by atoms with Crippen molar-refractivity contribution in [3.05, 3.63) is 71.3 Å². The number of nitrogens with zero attached hydrogens (tertiary/aromatic N) is 2. The second-order valence-electron chi connectivity index (χ2n) is 7.42. The maximum absolute atomic E-state index is 14.3. The van der Waals surface area contributed by atoms with Crippen molar-refractivity contribution in [3.63, 3.8) is 0 Å². The van der Waals surface area contributed by atoms with Gasteiger partial charge in [0.05, 0.1) is 6.04 Å². The molecular formula is C22H27F2N3O. The number of carbonyl (C=O) groups is 1. The first kappa shape index (κ1) is 20.4. The molecule has 3 rings (SSSR count). The third-order valence-electron chi connectivity index (χ3n) is 5.30. The molecule has 1 aliphatic rings. The van der Waals surface area contributed by atoms with Gasteiger partial charge in [0.2, 0.25) is 5.91 Å². The number of likely N-dealkylation sites (tertiary alicyclic amines) is 1. The summed E-state index contributed by atoms with van der Waals surface area (Å²) in [5, 5.41) is 2.94. The Kier molecular flexibility index (Phi) is 6.75. The number of nitrogens with one attached hydrogen (secondary N) is 1. The predicted octanol–water partition coefficient (Wildman–Crippen LogP) is 3.52. The molecule has 4 nitrogen and oxygen atoms in total. The normalized spacial score (nSPS) is 16.9. The second-order valence-corrected chi connectivity index (χ2v) is 7.42. The minimum Gasteiger partial charge on any atom is -0.353 e. The van der Waals surface area contributed by atoms with Crippen molar-refractivity contribution in [2.45, 2.75) is 24.9 Å². The average Bonchev–Trinajstić information content (AvgIpc) is 3.19. The number of rotatable bonds is 7. The Morgan fingerprint density at radius 3 is 2.21 bits per heavy atom. The third-order valence-corrected chi connectivity index (χ3v) is 5.30. The van der Waals surface area contributed by atoms with Gasteiger partial charge in [-0.05, 0) is 57.7 Å². The molecule has 0 aliphatic carbocycles. The minimum absolute atomic E-state index is 0.0229. The highest BCUT2D eigenvalue weighted by molar-refractivity contribution is 5.83. The Morgan fingerprint density at radius 1 is 1.04 bits per heavy atom. The monoisotopic (exact) mass is 387 g/mol. The summed E-state index contributed by atoms with van der Waals surface area (Å²) in [6.45, 7) is 1.86. The minimum atomic E-state index is -0.605. The van der Waals surface area contributed by atoms with E-state index in [9.17, 15) is 13.6 Å². The van der Waals surface area contributed by atoms with Gasteiger partial charge in [-0.25, -0.2) is 8.78 Å². The number of benzene rings is 2. The van der Waals surface area contributed by atoms with Gasteiger partial charge in [0, 0.05) is 12.1 Å². The highest BCUT2D eigenvalue weighted by atomic mass is 19.1. The van der Waals surface area contributed by atoms with Crippen LogP contribution >= 0.6 is 0 Å². The summed E-state index contributed by atoms with van der Waals surface area (Å²) in [6.07, 6.45) is 2.13. The van der Waals surface area contributed by atoms with Crippen LogP contribution in [0.4, 0.5) is 8.78 Å². The molecule has 0 spiro atoms. The summed E-state index contributed by atoms with van der Waals surface area (Å²) in [7, 11) is 3.50. The molecule has 150 valence electrons. The summed E-state index contributed by atoms with van der Waals surface area (Å²) < 4.78 is 28.5. The molecule has 2 aromatic rings. The molecule has 1 aliphatic heterocycles. The predicted molar refractivity (Wildman–Crippen MR) is 106 cm³/mol. The SMILES string of the molecule is CN(C)C(CNC(=O)C(c1ccccc1)N1CCCC1)c1c(F)cccc1F. The van der Waals surface area contributed by atoms with E-state index in [-0.39, 0.29) is 18.0 Å². The number of hydrogen-bond acceptors (Lipinski definition) is 3. The third kappa shape index (κ3) is 4.56. The summed E-state index contributed by atoms with van der Waals surface area (Å²) >= 11 is 0. The van der Waals surface area contributed by atoms with Crippen LogP contribution in [0.25, 0.3) is 0 Å². The molecule has 1 saturated heterocycles. The van der Waals surface area contributed by atoms with Gasteiger partial charge < -0.3 is 10.2 Å². The number of halogens is 2. The average molecular weight is 387 g/mol. The van der Waals surface area contributed by atoms with Crippen LogP contribution in [0.3, 0.4) is 0 Å². The summed E-state index contributed by atoms with van der Waals surface area (Å²) in [5.41, 5.74) is 0.908. The Labute approximate surface area is 165 Å². The van der Waals surface area contributed by atoms with E-state index in [1.807, 2.05) is 30.3 Å². The highest BCUT2D eigenvalue weighted by Gasteiger charge is 2.31. The Morgan fingerprint density at radius 2 is 1.64 bits per heavy atom. The molecule has 2 aromatic carbocycles. The molecule has 0 radical (unpaired) electrons. The van der Waals surface area contributed by atoms with Crippen molar-refractivity contribution >= 4 is 5.91 Å². The van der Waals surface area contributed by atoms with Crippen molar-refractivity contribution in [3.8, 4) is 0 Å². The lowest BCUT2D eigenvalue weighted by atomic mass is 10.0. The Balaban J connectivity index is 1.79. The highest BCUT2D eigenvalue weighted by Crippen LogP contribution is 2.27. The van der Waals surface area contributed by atoms with E-state index in [1.54, 1.807) is 19.0 Å². The van der Waals surface area contributed by atoms with Crippen molar-refractivity contribution in [1.29, 1.82) is 0 Å². The van der Waals surface area contributed by atoms with Crippen LogP contribution in [0.2, 0.25) is 0 Å². The number of hydrogen-bond donors (Lipinski definition) is 1. The molecule has 0 bridgehead atoms. The van der Waals surface area contributed by atoms with Crippen molar-refractivity contribution < 1.29 is 13.6 Å². The van der Waals surface area contributed by atoms with E-state index < -0.39 is 23.7 Å². The van der Waals surface area contributed by atoms with Crippen LogP contribution < -0.4 is 5.32 Å². The van der Waals surface area contributed by atoms with Gasteiger partial charge in [0.15, 0.2) is 0 Å². The maximum Gasteiger partial charge on any atom is 0.242 e. The van der Waals surface area contributed by atoms with Gasteiger partial charge in [0.1, 0.15) is 17.7 Å². The fourth-order valence-corrected chi connectivity index (χ4v) is 3.83. The van der Waals surface area contributed by atoms with Crippen molar-refractivity contribution in [1.82, 2.24) is 15.1 Å². The molecule has 1 N–H and O–H groups in total. The van der Waals surface area contributed by atoms with Crippen molar-refractivity contribution in [2.75, 3.05) is 33.7 Å². The fourth-order valence-electron chi connectivity index (χ4n) is 3.83. The van der Waals surface area contributed by atoms with E-state index in [1.165, 1.54) is 18.2 Å². The van der Waals surface area contributed by atoms with Crippen LogP contribution in [-0.4, -0.2) is 49.4 Å². The fraction of sp³-hybridized carbons (Fsp3) is 0.409. The van der Waals surface area contributed by atoms with Gasteiger partial charge >= 0.3 is 0 Å². The Hall–Kier alpha value is -2.31. The molecule has 28 heavy (non-hydrogen) atoms. The second kappa shape index (κ2) is 9.26. The van der Waals surface area contributed by atoms with Gasteiger partial charge in [0.25, 0.3) is 0 Å². The Bertz CT molecular complexity index is 771. The lowest BCUT2D eigenvalue weighted by Gasteiger charge is -2.30. The van der Waals surface area contributed by atoms with Crippen molar-refractivity contribution in [2.24, 2.45) is 0 Å². The molecule has 1 amide bonds. The molecular weight excluding hydrogens is 360 g/mol. The summed E-state index contributed by atoms with van der Waals surface area (Å²) in [5.74, 6) is -1.35. The molecule has 1 fully saturated rings. The van der Waals surface area contributed by atoms with E-state index in [2.05, 4.69) is 10.2 Å². The molecule has 2 atom stereocenters. The molecule has 0 saturated carbocycles. The van der Waals surface area contributed by atoms with Crippen LogP contribution in [0.1, 0.15) is 36.1 Å². The van der Waals surface area contributed by atoms with Gasteiger partial charge in [-0.15, -0.1) is 0 Å².